The molecular formula is C35H42N2+2. The molecule has 0 saturated heterocycles. The van der Waals surface area contributed by atoms with Crippen molar-refractivity contribution in [2.24, 2.45) is 0 Å². The normalized spacial score (nSPS) is 14.4. The van der Waals surface area contributed by atoms with Crippen LogP contribution in [-0.2, 0) is 5.41 Å². The van der Waals surface area contributed by atoms with Gasteiger partial charge in [-0.25, -0.2) is 0 Å². The van der Waals surface area contributed by atoms with E-state index in [4.69, 9.17) is 0 Å². The number of benzene rings is 4. The molecule has 4 aromatic carbocycles. The van der Waals surface area contributed by atoms with Gasteiger partial charge in [0.25, 0.3) is 0 Å². The third kappa shape index (κ3) is 3.95. The molecule has 0 N–H and O–H groups in total. The van der Waals surface area contributed by atoms with Crippen molar-refractivity contribution in [3.8, 4) is 11.1 Å². The summed E-state index contributed by atoms with van der Waals surface area (Å²) in [6.45, 7) is 11.1. The molecule has 0 bridgehead atoms. The lowest BCUT2D eigenvalue weighted by atomic mass is 9.67. The van der Waals surface area contributed by atoms with Crippen molar-refractivity contribution >= 4 is 11.4 Å². The van der Waals surface area contributed by atoms with Crippen LogP contribution in [0.3, 0.4) is 0 Å². The van der Waals surface area contributed by atoms with Crippen LogP contribution >= 0.6 is 0 Å². The SMILES string of the molecule is CC[N+](C)(C)c1ccc(C2(c3ccc([N+](C)(C)CC)cc3)c3cc(C)ccc3-c3ccc(C)cc32)cc1. The molecule has 5 rings (SSSR count). The maximum Gasteiger partial charge on any atom is 0.132 e. The first-order chi connectivity index (χ1) is 17.5. The van der Waals surface area contributed by atoms with Gasteiger partial charge in [-0.1, -0.05) is 71.8 Å². The molecule has 0 atom stereocenters. The first-order valence-corrected chi connectivity index (χ1v) is 13.7. The zero-order chi connectivity index (χ0) is 26.6. The Morgan fingerprint density at radius 3 is 1.19 bits per heavy atom. The van der Waals surface area contributed by atoms with Crippen molar-refractivity contribution in [1.82, 2.24) is 8.97 Å². The Hall–Kier alpha value is -3.20. The number of quaternary nitrogens is 2. The molecule has 0 amide bonds. The highest BCUT2D eigenvalue weighted by molar-refractivity contribution is 5.87. The van der Waals surface area contributed by atoms with E-state index in [1.165, 1.54) is 55.9 Å². The van der Waals surface area contributed by atoms with Crippen LogP contribution in [0.15, 0.2) is 84.9 Å². The second kappa shape index (κ2) is 8.97. The van der Waals surface area contributed by atoms with E-state index >= 15 is 0 Å². The topological polar surface area (TPSA) is 0 Å². The van der Waals surface area contributed by atoms with E-state index in [1.54, 1.807) is 0 Å². The highest BCUT2D eigenvalue weighted by atomic mass is 15.3. The molecule has 1 aliphatic rings. The van der Waals surface area contributed by atoms with Crippen LogP contribution in [0.25, 0.3) is 11.1 Å². The van der Waals surface area contributed by atoms with Crippen LogP contribution in [-0.4, -0.2) is 41.3 Å². The van der Waals surface area contributed by atoms with E-state index in [0.717, 1.165) is 22.1 Å². The predicted molar refractivity (Wildman–Crippen MR) is 162 cm³/mol. The fourth-order valence-electron chi connectivity index (χ4n) is 5.94. The molecule has 0 aliphatic heterocycles. The molecule has 0 spiro atoms. The lowest BCUT2D eigenvalue weighted by Gasteiger charge is -2.35. The lowest BCUT2D eigenvalue weighted by Crippen LogP contribution is -2.40. The maximum absolute atomic E-state index is 2.42. The van der Waals surface area contributed by atoms with Crippen LogP contribution < -0.4 is 8.97 Å². The van der Waals surface area contributed by atoms with Gasteiger partial charge in [0.1, 0.15) is 11.4 Å². The highest BCUT2D eigenvalue weighted by Crippen LogP contribution is 2.56. The monoisotopic (exact) mass is 490 g/mol. The fraction of sp³-hybridized carbons (Fsp3) is 0.314. The van der Waals surface area contributed by atoms with Gasteiger partial charge in [-0.15, -0.1) is 0 Å². The molecule has 0 heterocycles. The Bertz CT molecular complexity index is 1330. The summed E-state index contributed by atoms with van der Waals surface area (Å²) in [5.74, 6) is 0. The van der Waals surface area contributed by atoms with Gasteiger partial charge < -0.3 is 0 Å². The van der Waals surface area contributed by atoms with Gasteiger partial charge in [0, 0.05) is 0 Å². The quantitative estimate of drug-likeness (QED) is 0.213. The van der Waals surface area contributed by atoms with Crippen LogP contribution in [0.4, 0.5) is 11.4 Å². The summed E-state index contributed by atoms with van der Waals surface area (Å²) < 4.78 is 1.74. The predicted octanol–water partition coefficient (Wildman–Crippen LogP) is 7.84. The van der Waals surface area contributed by atoms with Gasteiger partial charge in [0.2, 0.25) is 0 Å². The number of nitrogens with zero attached hydrogens (tertiary/aromatic N) is 2. The molecule has 1 aliphatic carbocycles. The summed E-state index contributed by atoms with van der Waals surface area (Å²) in [7, 11) is 9.13. The maximum atomic E-state index is 2.42. The summed E-state index contributed by atoms with van der Waals surface area (Å²) in [4.78, 5) is 0. The zero-order valence-electron chi connectivity index (χ0n) is 23.9. The first kappa shape index (κ1) is 25.4. The van der Waals surface area contributed by atoms with Crippen molar-refractivity contribution in [3.63, 3.8) is 0 Å². The summed E-state index contributed by atoms with van der Waals surface area (Å²) in [5.41, 5.74) is 13.1. The van der Waals surface area contributed by atoms with Crippen LogP contribution in [0.1, 0.15) is 47.2 Å². The van der Waals surface area contributed by atoms with Gasteiger partial charge in [0.15, 0.2) is 0 Å². The Morgan fingerprint density at radius 1 is 0.514 bits per heavy atom. The van der Waals surface area contributed by atoms with Crippen molar-refractivity contribution in [3.05, 3.63) is 118 Å². The van der Waals surface area contributed by atoms with E-state index in [1.807, 2.05) is 0 Å². The van der Waals surface area contributed by atoms with Gasteiger partial charge in [-0.2, -0.15) is 0 Å². The Morgan fingerprint density at radius 2 is 0.865 bits per heavy atom. The average molecular weight is 491 g/mol. The van der Waals surface area contributed by atoms with Crippen LogP contribution in [0.5, 0.6) is 0 Å². The van der Waals surface area contributed by atoms with E-state index in [9.17, 15) is 0 Å². The highest BCUT2D eigenvalue weighted by Gasteiger charge is 2.46. The van der Waals surface area contributed by atoms with Crippen LogP contribution in [0.2, 0.25) is 0 Å². The molecular weight excluding hydrogens is 448 g/mol. The Labute approximate surface area is 224 Å². The summed E-state index contributed by atoms with van der Waals surface area (Å²) in [6, 6.07) is 32.9. The molecule has 0 fully saturated rings. The molecule has 37 heavy (non-hydrogen) atoms. The van der Waals surface area contributed by atoms with E-state index < -0.39 is 0 Å². The Balaban J connectivity index is 1.84. The van der Waals surface area contributed by atoms with E-state index in [2.05, 4.69) is 141 Å². The van der Waals surface area contributed by atoms with Gasteiger partial charge in [-0.3, -0.25) is 8.97 Å². The van der Waals surface area contributed by atoms with Gasteiger partial charge in [0.05, 0.1) is 46.7 Å². The zero-order valence-corrected chi connectivity index (χ0v) is 23.9. The Kier molecular flexibility index (Phi) is 6.17. The number of fused-ring (bicyclic) bond motifs is 3. The number of hydrogen-bond donors (Lipinski definition) is 0. The molecule has 2 heteroatoms. The van der Waals surface area contributed by atoms with Gasteiger partial charge in [-0.05, 0) is 85.3 Å². The minimum Gasteiger partial charge on any atom is -0.296 e. The second-order valence-electron chi connectivity index (χ2n) is 11.9. The summed E-state index contributed by atoms with van der Waals surface area (Å²) in [5, 5.41) is 0. The molecule has 0 saturated carbocycles. The number of rotatable bonds is 6. The third-order valence-electron chi connectivity index (χ3n) is 9.03. The number of aryl methyl sites for hydroxylation is 2. The summed E-state index contributed by atoms with van der Waals surface area (Å²) in [6.07, 6.45) is 0. The molecule has 0 unspecified atom stereocenters. The average Bonchev–Trinajstić information content (AvgIpc) is 3.18. The van der Waals surface area contributed by atoms with Crippen molar-refractivity contribution < 1.29 is 0 Å². The number of hydrogen-bond acceptors (Lipinski definition) is 0. The molecule has 4 aromatic rings. The third-order valence-corrected chi connectivity index (χ3v) is 9.03. The van der Waals surface area contributed by atoms with E-state index in [0.29, 0.717) is 0 Å². The van der Waals surface area contributed by atoms with Crippen molar-refractivity contribution in [2.75, 3.05) is 41.3 Å². The van der Waals surface area contributed by atoms with Crippen molar-refractivity contribution in [2.45, 2.75) is 33.1 Å². The van der Waals surface area contributed by atoms with Gasteiger partial charge >= 0.3 is 0 Å². The smallest absolute Gasteiger partial charge is 0.132 e. The minimum atomic E-state index is -0.355. The lowest BCUT2D eigenvalue weighted by molar-refractivity contribution is 0.420. The molecule has 0 aromatic heterocycles. The largest absolute Gasteiger partial charge is 0.296 e. The van der Waals surface area contributed by atoms with Crippen molar-refractivity contribution in [1.29, 1.82) is 0 Å². The standard InChI is InChI=1S/C35H42N2/c1-9-36(5,6)29-17-13-27(14-18-29)35(28-15-19-30(20-16-28)37(7,8)10-2)33-23-25(3)11-21-31(33)32-22-12-26(4)24-34(32)35/h11-24H,9-10H2,1-8H3/q+2. The van der Waals surface area contributed by atoms with E-state index in [-0.39, 0.29) is 5.41 Å². The molecule has 2 nitrogen and oxygen atoms in total. The first-order valence-electron chi connectivity index (χ1n) is 13.7. The minimum absolute atomic E-state index is 0.355. The summed E-state index contributed by atoms with van der Waals surface area (Å²) >= 11 is 0. The fourth-order valence-corrected chi connectivity index (χ4v) is 5.94. The molecule has 190 valence electrons. The second-order valence-corrected chi connectivity index (χ2v) is 11.9. The molecule has 0 radical (unpaired) electrons. The van der Waals surface area contributed by atoms with Crippen LogP contribution in [0, 0.1) is 13.8 Å².